The Labute approximate surface area is 154 Å². The largest absolute Gasteiger partial charge is 0.309 e. The van der Waals surface area contributed by atoms with E-state index in [0.717, 1.165) is 18.5 Å². The van der Waals surface area contributed by atoms with Gasteiger partial charge in [0.25, 0.3) is 6.43 Å². The summed E-state index contributed by atoms with van der Waals surface area (Å²) in [5, 5.41) is 11.6. The number of carbonyl (C=O) groups is 1. The van der Waals surface area contributed by atoms with Crippen LogP contribution in [-0.2, 0) is 18.4 Å². The van der Waals surface area contributed by atoms with E-state index in [2.05, 4.69) is 20.5 Å². The summed E-state index contributed by atoms with van der Waals surface area (Å²) in [6.45, 7) is 3.37. The molecule has 0 spiro atoms. The highest BCUT2D eigenvalue weighted by molar-refractivity contribution is 5.91. The Hall–Kier alpha value is -2.84. The highest BCUT2D eigenvalue weighted by atomic mass is 19.3. The van der Waals surface area contributed by atoms with Crippen LogP contribution in [-0.4, -0.2) is 30.5 Å². The first-order valence-electron chi connectivity index (χ1n) is 8.80. The van der Waals surface area contributed by atoms with Gasteiger partial charge in [0.15, 0.2) is 5.65 Å². The number of nitrogens with one attached hydrogen (secondary N) is 1. The first-order chi connectivity index (χ1) is 12.8. The van der Waals surface area contributed by atoms with Crippen molar-refractivity contribution in [2.45, 2.75) is 45.6 Å². The topological polar surface area (TPSA) is 77.6 Å². The molecule has 142 valence electrons. The van der Waals surface area contributed by atoms with E-state index in [9.17, 15) is 13.6 Å². The van der Waals surface area contributed by atoms with Crippen molar-refractivity contribution >= 4 is 22.8 Å². The summed E-state index contributed by atoms with van der Waals surface area (Å²) in [5.41, 5.74) is 2.16. The molecule has 1 aliphatic rings. The number of alkyl halides is 2. The quantitative estimate of drug-likeness (QED) is 0.744. The minimum Gasteiger partial charge on any atom is -0.309 e. The number of carbonyl (C=O) groups excluding carboxylic acids is 1. The molecular weight excluding hydrogens is 354 g/mol. The zero-order chi connectivity index (χ0) is 19.3. The van der Waals surface area contributed by atoms with Gasteiger partial charge in [0.2, 0.25) is 5.91 Å². The molecule has 0 atom stereocenters. The third-order valence-electron chi connectivity index (χ3n) is 4.72. The average Bonchev–Trinajstić information content (AvgIpc) is 3.33. The molecule has 0 bridgehead atoms. The van der Waals surface area contributed by atoms with Gasteiger partial charge in [-0.25, -0.2) is 18.4 Å². The number of amides is 1. The summed E-state index contributed by atoms with van der Waals surface area (Å²) in [7, 11) is 1.73. The van der Waals surface area contributed by atoms with Gasteiger partial charge in [-0.3, -0.25) is 9.48 Å². The van der Waals surface area contributed by atoms with E-state index < -0.39 is 6.43 Å². The smallest absolute Gasteiger partial charge is 0.264 e. The lowest BCUT2D eigenvalue weighted by Gasteiger charge is -2.08. The number of rotatable bonds is 5. The molecule has 1 aliphatic carbocycles. The lowest BCUT2D eigenvalue weighted by molar-refractivity contribution is -0.116. The van der Waals surface area contributed by atoms with Crippen molar-refractivity contribution in [1.82, 2.24) is 24.5 Å². The minimum absolute atomic E-state index is 0.0617. The Morgan fingerprint density at radius 1 is 1.30 bits per heavy atom. The van der Waals surface area contributed by atoms with Crippen LogP contribution in [0.5, 0.6) is 0 Å². The van der Waals surface area contributed by atoms with Crippen molar-refractivity contribution in [3.8, 4) is 0 Å². The molecular formula is C18H20F2N6O. The van der Waals surface area contributed by atoms with Crippen LogP contribution in [0.1, 0.15) is 47.8 Å². The first kappa shape index (κ1) is 17.6. The van der Waals surface area contributed by atoms with E-state index in [1.807, 2.05) is 6.92 Å². The minimum atomic E-state index is -2.62. The van der Waals surface area contributed by atoms with Crippen molar-refractivity contribution in [3.63, 3.8) is 0 Å². The lowest BCUT2D eigenvalue weighted by Crippen LogP contribution is -2.21. The molecule has 1 amide bonds. The average molecular weight is 374 g/mol. The molecule has 4 rings (SSSR count). The molecule has 0 unspecified atom stereocenters. The Morgan fingerprint density at radius 2 is 2.04 bits per heavy atom. The number of aromatic nitrogens is 5. The number of hydrogen-bond acceptors (Lipinski definition) is 4. The van der Waals surface area contributed by atoms with Gasteiger partial charge in [-0.05, 0) is 32.8 Å². The Morgan fingerprint density at radius 3 is 2.63 bits per heavy atom. The number of anilines is 1. The summed E-state index contributed by atoms with van der Waals surface area (Å²) in [4.78, 5) is 17.0. The molecule has 9 heteroatoms. The van der Waals surface area contributed by atoms with E-state index >= 15 is 0 Å². The Bertz CT molecular complexity index is 1030. The van der Waals surface area contributed by atoms with E-state index in [0.29, 0.717) is 28.2 Å². The van der Waals surface area contributed by atoms with Gasteiger partial charge in [0, 0.05) is 30.3 Å². The van der Waals surface area contributed by atoms with Crippen molar-refractivity contribution in [3.05, 3.63) is 34.8 Å². The van der Waals surface area contributed by atoms with E-state index in [1.54, 1.807) is 24.7 Å². The van der Waals surface area contributed by atoms with Crippen molar-refractivity contribution in [2.24, 2.45) is 7.05 Å². The molecule has 1 saturated carbocycles. The first-order valence-corrected chi connectivity index (χ1v) is 8.80. The summed E-state index contributed by atoms with van der Waals surface area (Å²) >= 11 is 0. The maximum Gasteiger partial charge on any atom is 0.264 e. The zero-order valence-corrected chi connectivity index (χ0v) is 15.3. The normalized spacial score (nSPS) is 14.3. The number of nitrogens with zero attached hydrogens (tertiary/aromatic N) is 5. The zero-order valence-electron chi connectivity index (χ0n) is 15.3. The molecule has 27 heavy (non-hydrogen) atoms. The molecule has 0 saturated heterocycles. The van der Waals surface area contributed by atoms with Crippen LogP contribution in [0.4, 0.5) is 14.6 Å². The predicted molar refractivity (Wildman–Crippen MR) is 95.8 cm³/mol. The fraction of sp³-hybridized carbons (Fsp3) is 0.444. The van der Waals surface area contributed by atoms with E-state index in [-0.39, 0.29) is 23.9 Å². The molecule has 1 N–H and O–H groups in total. The lowest BCUT2D eigenvalue weighted by atomic mass is 10.1. The Kier molecular flexibility index (Phi) is 4.16. The Balaban J connectivity index is 1.69. The maximum atomic E-state index is 13.6. The van der Waals surface area contributed by atoms with Gasteiger partial charge < -0.3 is 5.32 Å². The number of pyridine rings is 1. The van der Waals surface area contributed by atoms with Gasteiger partial charge in [0.1, 0.15) is 12.4 Å². The fourth-order valence-corrected chi connectivity index (χ4v) is 3.32. The molecule has 0 aliphatic heterocycles. The second kappa shape index (κ2) is 6.40. The van der Waals surface area contributed by atoms with Gasteiger partial charge in [-0.2, -0.15) is 10.2 Å². The van der Waals surface area contributed by atoms with Crippen LogP contribution in [0.3, 0.4) is 0 Å². The van der Waals surface area contributed by atoms with Crippen molar-refractivity contribution in [1.29, 1.82) is 0 Å². The molecule has 3 aromatic heterocycles. The predicted octanol–water partition coefficient (Wildman–Crippen LogP) is 3.24. The molecule has 3 aromatic rings. The van der Waals surface area contributed by atoms with Crippen LogP contribution in [0, 0.1) is 13.8 Å². The molecule has 7 nitrogen and oxygen atoms in total. The van der Waals surface area contributed by atoms with Crippen LogP contribution in [0.2, 0.25) is 0 Å². The third-order valence-corrected chi connectivity index (χ3v) is 4.72. The van der Waals surface area contributed by atoms with E-state index in [4.69, 9.17) is 0 Å². The summed E-state index contributed by atoms with van der Waals surface area (Å²) in [5.74, 6) is 0.465. The van der Waals surface area contributed by atoms with Gasteiger partial charge in [-0.15, -0.1) is 0 Å². The highest BCUT2D eigenvalue weighted by Gasteiger charge is 2.29. The summed E-state index contributed by atoms with van der Waals surface area (Å²) in [6.07, 6.45) is -0.709. The molecule has 1 fully saturated rings. The molecule has 3 heterocycles. The number of halogens is 2. The van der Waals surface area contributed by atoms with Gasteiger partial charge >= 0.3 is 0 Å². The summed E-state index contributed by atoms with van der Waals surface area (Å²) in [6, 6.07) is 3.24. The van der Waals surface area contributed by atoms with Gasteiger partial charge in [0.05, 0.1) is 16.8 Å². The highest BCUT2D eigenvalue weighted by Crippen LogP contribution is 2.41. The van der Waals surface area contributed by atoms with Crippen LogP contribution >= 0.6 is 0 Å². The fourth-order valence-electron chi connectivity index (χ4n) is 3.32. The number of hydrogen-bond donors (Lipinski definition) is 1. The second-order valence-corrected chi connectivity index (χ2v) is 7.00. The second-order valence-electron chi connectivity index (χ2n) is 7.00. The number of fused-ring (bicyclic) bond motifs is 1. The maximum absolute atomic E-state index is 13.6. The molecule has 0 radical (unpaired) electrons. The van der Waals surface area contributed by atoms with Crippen molar-refractivity contribution < 1.29 is 13.6 Å². The summed E-state index contributed by atoms with van der Waals surface area (Å²) < 4.78 is 30.2. The standard InChI is InChI=1S/C18H20F2N6O/c1-9-6-14(25(3)23-9)22-15(27)8-26-18-16(10(2)24-26)12(17(19)20)7-13(21-18)11-4-5-11/h6-7,11,17H,4-5,8H2,1-3H3,(H,22,27). The molecule has 0 aromatic carbocycles. The van der Waals surface area contributed by atoms with Crippen LogP contribution in [0.15, 0.2) is 12.1 Å². The van der Waals surface area contributed by atoms with Gasteiger partial charge in [-0.1, -0.05) is 0 Å². The third kappa shape index (κ3) is 3.29. The van der Waals surface area contributed by atoms with Crippen LogP contribution < -0.4 is 5.32 Å². The van der Waals surface area contributed by atoms with Crippen molar-refractivity contribution in [2.75, 3.05) is 5.32 Å². The monoisotopic (exact) mass is 374 g/mol. The SMILES string of the molecule is Cc1cc(NC(=O)Cn2nc(C)c3c(C(F)F)cc(C4CC4)nc32)n(C)n1. The van der Waals surface area contributed by atoms with Crippen LogP contribution in [0.25, 0.3) is 11.0 Å². The number of aryl methyl sites for hydroxylation is 3. The van der Waals surface area contributed by atoms with E-state index in [1.165, 1.54) is 10.7 Å².